The zero-order valence-corrected chi connectivity index (χ0v) is 12.0. The van der Waals surface area contributed by atoms with Crippen LogP contribution in [0.15, 0.2) is 30.6 Å². The number of aromatic nitrogens is 3. The maximum absolute atomic E-state index is 13.4. The van der Waals surface area contributed by atoms with E-state index < -0.39 is 6.10 Å². The third-order valence-electron chi connectivity index (χ3n) is 3.95. The van der Waals surface area contributed by atoms with Crippen LogP contribution in [0.3, 0.4) is 0 Å². The van der Waals surface area contributed by atoms with E-state index in [4.69, 9.17) is 0 Å². The van der Waals surface area contributed by atoms with Gasteiger partial charge in [-0.05, 0) is 31.0 Å². The van der Waals surface area contributed by atoms with Crippen molar-refractivity contribution in [3.63, 3.8) is 0 Å². The highest BCUT2D eigenvalue weighted by Gasteiger charge is 2.32. The molecule has 2 heterocycles. The van der Waals surface area contributed by atoms with Crippen molar-refractivity contribution in [3.05, 3.63) is 47.8 Å². The standard InChI is InChI=1S/C15H19FN4O/c1-2-20-15(17-10-18-20)9-19-8-13(21)7-14(19)11-4-3-5-12(16)6-11/h3-6,10,13-14,21H,2,7-9H2,1H3/t13-,14+/m1/s1. The van der Waals surface area contributed by atoms with E-state index in [0.29, 0.717) is 19.5 Å². The van der Waals surface area contributed by atoms with Gasteiger partial charge in [-0.25, -0.2) is 14.1 Å². The van der Waals surface area contributed by atoms with Crippen molar-refractivity contribution >= 4 is 0 Å². The summed E-state index contributed by atoms with van der Waals surface area (Å²) in [5.41, 5.74) is 0.897. The second kappa shape index (κ2) is 5.91. The molecule has 1 aromatic heterocycles. The number of nitrogens with zero attached hydrogens (tertiary/aromatic N) is 4. The molecule has 1 aliphatic heterocycles. The summed E-state index contributed by atoms with van der Waals surface area (Å²) in [5.74, 6) is 0.624. The molecule has 1 aromatic carbocycles. The van der Waals surface area contributed by atoms with Crippen LogP contribution in [0.1, 0.15) is 30.8 Å². The molecule has 1 fully saturated rings. The van der Waals surface area contributed by atoms with Crippen LogP contribution in [0, 0.1) is 5.82 Å². The lowest BCUT2D eigenvalue weighted by Crippen LogP contribution is -2.26. The van der Waals surface area contributed by atoms with E-state index in [2.05, 4.69) is 15.0 Å². The quantitative estimate of drug-likeness (QED) is 0.932. The van der Waals surface area contributed by atoms with Crippen LogP contribution in [0.5, 0.6) is 0 Å². The molecule has 1 aliphatic rings. The van der Waals surface area contributed by atoms with Gasteiger partial charge in [0, 0.05) is 19.1 Å². The number of halogens is 1. The first-order valence-corrected chi connectivity index (χ1v) is 7.21. The van der Waals surface area contributed by atoms with E-state index in [1.54, 1.807) is 18.5 Å². The lowest BCUT2D eigenvalue weighted by molar-refractivity contribution is 0.170. The molecule has 0 amide bonds. The van der Waals surface area contributed by atoms with Gasteiger partial charge < -0.3 is 5.11 Å². The highest BCUT2D eigenvalue weighted by Crippen LogP contribution is 2.33. The van der Waals surface area contributed by atoms with Crippen LogP contribution in [0.2, 0.25) is 0 Å². The van der Waals surface area contributed by atoms with E-state index >= 15 is 0 Å². The van der Waals surface area contributed by atoms with E-state index in [1.807, 2.05) is 17.7 Å². The molecule has 0 saturated carbocycles. The van der Waals surface area contributed by atoms with Gasteiger partial charge in [0.05, 0.1) is 12.6 Å². The Kier molecular flexibility index (Phi) is 3.98. The zero-order chi connectivity index (χ0) is 14.8. The third kappa shape index (κ3) is 2.96. The minimum absolute atomic E-state index is 0.0118. The largest absolute Gasteiger partial charge is 0.392 e. The average molecular weight is 290 g/mol. The molecule has 2 atom stereocenters. The van der Waals surface area contributed by atoms with Gasteiger partial charge in [-0.2, -0.15) is 5.10 Å². The molecular weight excluding hydrogens is 271 g/mol. The first-order valence-electron chi connectivity index (χ1n) is 7.21. The van der Waals surface area contributed by atoms with Gasteiger partial charge >= 0.3 is 0 Å². The summed E-state index contributed by atoms with van der Waals surface area (Å²) in [6.07, 6.45) is 1.77. The maximum Gasteiger partial charge on any atom is 0.141 e. The molecule has 21 heavy (non-hydrogen) atoms. The van der Waals surface area contributed by atoms with E-state index in [-0.39, 0.29) is 11.9 Å². The van der Waals surface area contributed by atoms with Gasteiger partial charge in [0.25, 0.3) is 0 Å². The molecule has 112 valence electrons. The molecule has 6 heteroatoms. The summed E-state index contributed by atoms with van der Waals surface area (Å²) in [5, 5.41) is 14.1. The van der Waals surface area contributed by atoms with Crippen molar-refractivity contribution in [1.82, 2.24) is 19.7 Å². The fourth-order valence-corrected chi connectivity index (χ4v) is 2.97. The zero-order valence-electron chi connectivity index (χ0n) is 12.0. The van der Waals surface area contributed by atoms with Gasteiger partial charge in [0.15, 0.2) is 0 Å². The Morgan fingerprint density at radius 3 is 3.05 bits per heavy atom. The molecule has 1 N–H and O–H groups in total. The van der Waals surface area contributed by atoms with E-state index in [9.17, 15) is 9.50 Å². The Labute approximate surface area is 123 Å². The van der Waals surface area contributed by atoms with Crippen molar-refractivity contribution < 1.29 is 9.50 Å². The minimum Gasteiger partial charge on any atom is -0.392 e. The molecule has 0 spiro atoms. The van der Waals surface area contributed by atoms with Crippen LogP contribution in [0.4, 0.5) is 4.39 Å². The number of β-amino-alcohol motifs (C(OH)–C–C–N with tert-alkyl or cyclic N) is 1. The monoisotopic (exact) mass is 290 g/mol. The summed E-state index contributed by atoms with van der Waals surface area (Å²) >= 11 is 0. The molecule has 3 rings (SSSR count). The maximum atomic E-state index is 13.4. The number of aryl methyl sites for hydroxylation is 1. The smallest absolute Gasteiger partial charge is 0.141 e. The van der Waals surface area contributed by atoms with Gasteiger partial charge in [-0.1, -0.05) is 12.1 Å². The van der Waals surface area contributed by atoms with Crippen LogP contribution in [-0.4, -0.2) is 37.4 Å². The number of hydrogen-bond donors (Lipinski definition) is 1. The van der Waals surface area contributed by atoms with Crippen molar-refractivity contribution in [3.8, 4) is 0 Å². The predicted molar refractivity (Wildman–Crippen MR) is 75.9 cm³/mol. The van der Waals surface area contributed by atoms with Crippen LogP contribution < -0.4 is 0 Å². The van der Waals surface area contributed by atoms with E-state index in [0.717, 1.165) is 17.9 Å². The van der Waals surface area contributed by atoms with Gasteiger partial charge in [-0.15, -0.1) is 0 Å². The summed E-state index contributed by atoms with van der Waals surface area (Å²) < 4.78 is 15.3. The van der Waals surface area contributed by atoms with Gasteiger partial charge in [0.1, 0.15) is 18.0 Å². The molecule has 5 nitrogen and oxygen atoms in total. The Bertz CT molecular complexity index is 615. The average Bonchev–Trinajstić information content (AvgIpc) is 3.05. The van der Waals surface area contributed by atoms with Gasteiger partial charge in [-0.3, -0.25) is 4.90 Å². The topological polar surface area (TPSA) is 54.2 Å². The highest BCUT2D eigenvalue weighted by molar-refractivity contribution is 5.22. The second-order valence-electron chi connectivity index (χ2n) is 5.38. The van der Waals surface area contributed by atoms with E-state index in [1.165, 1.54) is 6.07 Å². The Morgan fingerprint density at radius 2 is 2.29 bits per heavy atom. The van der Waals surface area contributed by atoms with Gasteiger partial charge in [0.2, 0.25) is 0 Å². The normalized spacial score (nSPS) is 22.8. The highest BCUT2D eigenvalue weighted by atomic mass is 19.1. The molecule has 0 aliphatic carbocycles. The number of likely N-dealkylation sites (tertiary alicyclic amines) is 1. The number of benzene rings is 1. The van der Waals surface area contributed by atoms with Crippen LogP contribution in [0.25, 0.3) is 0 Å². The summed E-state index contributed by atoms with van der Waals surface area (Å²) in [6.45, 7) is 3.95. The molecule has 0 unspecified atom stereocenters. The number of aliphatic hydroxyl groups excluding tert-OH is 1. The van der Waals surface area contributed by atoms with Crippen molar-refractivity contribution in [2.24, 2.45) is 0 Å². The lowest BCUT2D eigenvalue weighted by Gasteiger charge is -2.24. The SMILES string of the molecule is CCn1ncnc1CN1C[C@H](O)C[C@H]1c1cccc(F)c1. The Balaban J connectivity index is 1.83. The summed E-state index contributed by atoms with van der Waals surface area (Å²) in [6, 6.07) is 6.61. The minimum atomic E-state index is -0.392. The number of aliphatic hydroxyl groups is 1. The fourth-order valence-electron chi connectivity index (χ4n) is 2.97. The van der Waals surface area contributed by atoms with Crippen LogP contribution >= 0.6 is 0 Å². The summed E-state index contributed by atoms with van der Waals surface area (Å²) in [7, 11) is 0. The third-order valence-corrected chi connectivity index (χ3v) is 3.95. The Hall–Kier alpha value is -1.79. The number of rotatable bonds is 4. The molecule has 1 saturated heterocycles. The van der Waals surface area contributed by atoms with Crippen LogP contribution in [-0.2, 0) is 13.1 Å². The molecule has 0 bridgehead atoms. The first-order chi connectivity index (χ1) is 10.2. The predicted octanol–water partition coefficient (Wildman–Crippen LogP) is 1.74. The molecule has 0 radical (unpaired) electrons. The van der Waals surface area contributed by atoms with Crippen molar-refractivity contribution in [1.29, 1.82) is 0 Å². The van der Waals surface area contributed by atoms with Crippen molar-refractivity contribution in [2.75, 3.05) is 6.54 Å². The first kappa shape index (κ1) is 14.2. The summed E-state index contributed by atoms with van der Waals surface area (Å²) in [4.78, 5) is 6.41. The lowest BCUT2D eigenvalue weighted by atomic mass is 10.0. The molecular formula is C15H19FN4O. The molecule has 2 aromatic rings. The fraction of sp³-hybridized carbons (Fsp3) is 0.467. The van der Waals surface area contributed by atoms with Crippen molar-refractivity contribution in [2.45, 2.75) is 38.6 Å². The number of hydrogen-bond acceptors (Lipinski definition) is 4. The second-order valence-corrected chi connectivity index (χ2v) is 5.38. The Morgan fingerprint density at radius 1 is 1.43 bits per heavy atom.